The summed E-state index contributed by atoms with van der Waals surface area (Å²) in [5.41, 5.74) is 2.04. The Bertz CT molecular complexity index is 781. The molecule has 2 aromatic carbocycles. The van der Waals surface area contributed by atoms with E-state index in [1.54, 1.807) is 12.1 Å². The van der Waals surface area contributed by atoms with E-state index in [-0.39, 0.29) is 5.69 Å². The van der Waals surface area contributed by atoms with Crippen molar-refractivity contribution < 1.29 is 14.4 Å². The number of nitro groups is 1. The minimum absolute atomic E-state index is 0.0676. The molecule has 0 aliphatic rings. The van der Waals surface area contributed by atoms with Crippen LogP contribution in [0.4, 0.5) is 5.69 Å². The van der Waals surface area contributed by atoms with Gasteiger partial charge in [0.25, 0.3) is 5.69 Å². The van der Waals surface area contributed by atoms with Crippen LogP contribution < -0.4 is 14.8 Å². The molecule has 0 spiro atoms. The zero-order valence-electron chi connectivity index (χ0n) is 17.1. The number of unbranched alkanes of at least 4 members (excludes halogenated alkanes) is 3. The third-order valence-corrected chi connectivity index (χ3v) is 5.21. The molecule has 6 nitrogen and oxygen atoms in total. The van der Waals surface area contributed by atoms with Gasteiger partial charge in [0.05, 0.1) is 11.5 Å². The normalized spacial score (nSPS) is 10.7. The fraction of sp³-hybridized carbons (Fsp3) is 0.455. The Morgan fingerprint density at radius 2 is 1.76 bits per heavy atom. The number of ether oxygens (including phenoxy) is 2. The van der Waals surface area contributed by atoms with Crippen LogP contribution in [-0.2, 0) is 13.2 Å². The van der Waals surface area contributed by atoms with Crippen molar-refractivity contribution >= 4 is 21.6 Å². The number of nitrogens with one attached hydrogen (secondary N) is 1. The number of nitro benzene ring substituents is 1. The largest absolute Gasteiger partial charge is 0.490 e. The number of benzene rings is 2. The summed E-state index contributed by atoms with van der Waals surface area (Å²) < 4.78 is 12.7. The molecular weight excluding hydrogens is 436 g/mol. The molecule has 0 heterocycles. The topological polar surface area (TPSA) is 73.6 Å². The maximum atomic E-state index is 10.8. The predicted molar refractivity (Wildman–Crippen MR) is 119 cm³/mol. The lowest BCUT2D eigenvalue weighted by molar-refractivity contribution is -0.384. The van der Waals surface area contributed by atoms with Gasteiger partial charge in [-0.3, -0.25) is 10.1 Å². The van der Waals surface area contributed by atoms with Crippen LogP contribution in [0, 0.1) is 10.1 Å². The van der Waals surface area contributed by atoms with Gasteiger partial charge in [-0.2, -0.15) is 0 Å². The maximum Gasteiger partial charge on any atom is 0.269 e. The third-order valence-electron chi connectivity index (χ3n) is 4.48. The average molecular weight is 465 g/mol. The minimum Gasteiger partial charge on any atom is -0.490 e. The molecule has 158 valence electrons. The zero-order valence-corrected chi connectivity index (χ0v) is 18.7. The van der Waals surface area contributed by atoms with Crippen LogP contribution in [0.2, 0.25) is 0 Å². The first-order chi connectivity index (χ1) is 14.0. The van der Waals surface area contributed by atoms with E-state index in [4.69, 9.17) is 9.47 Å². The van der Waals surface area contributed by atoms with Crippen LogP contribution in [-0.4, -0.2) is 18.1 Å². The number of non-ortho nitro benzene ring substituents is 1. The first kappa shape index (κ1) is 23.2. The van der Waals surface area contributed by atoms with Crippen LogP contribution in [0.15, 0.2) is 40.9 Å². The summed E-state index contributed by atoms with van der Waals surface area (Å²) in [7, 11) is 0. The van der Waals surface area contributed by atoms with Gasteiger partial charge in [-0.1, -0.05) is 42.1 Å². The summed E-state index contributed by atoms with van der Waals surface area (Å²) in [6.45, 7) is 6.75. The lowest BCUT2D eigenvalue weighted by Gasteiger charge is -2.15. The summed E-state index contributed by atoms with van der Waals surface area (Å²) in [4.78, 5) is 10.4. The SMILES string of the molecule is CCCCCCNCc1cc(OCC)c(OCc2ccc([N+](=O)[O-])cc2)cc1Br. The van der Waals surface area contributed by atoms with Gasteiger partial charge < -0.3 is 14.8 Å². The molecule has 0 amide bonds. The van der Waals surface area contributed by atoms with Crippen molar-refractivity contribution in [1.82, 2.24) is 5.32 Å². The Kier molecular flexibility index (Phi) is 9.94. The molecule has 29 heavy (non-hydrogen) atoms. The van der Waals surface area contributed by atoms with Crippen molar-refractivity contribution in [2.75, 3.05) is 13.2 Å². The second kappa shape index (κ2) is 12.4. The molecule has 0 saturated carbocycles. The van der Waals surface area contributed by atoms with E-state index in [0.717, 1.165) is 28.7 Å². The highest BCUT2D eigenvalue weighted by atomic mass is 79.9. The van der Waals surface area contributed by atoms with E-state index in [0.29, 0.717) is 24.7 Å². The van der Waals surface area contributed by atoms with Crippen LogP contribution >= 0.6 is 15.9 Å². The Morgan fingerprint density at radius 3 is 2.41 bits per heavy atom. The lowest BCUT2D eigenvalue weighted by atomic mass is 10.1. The molecule has 1 N–H and O–H groups in total. The van der Waals surface area contributed by atoms with Crippen molar-refractivity contribution in [1.29, 1.82) is 0 Å². The van der Waals surface area contributed by atoms with Gasteiger partial charge in [0.15, 0.2) is 11.5 Å². The quantitative estimate of drug-likeness (QED) is 0.223. The number of nitrogens with zero attached hydrogens (tertiary/aromatic N) is 1. The standard InChI is InChI=1S/C22H29BrN2O4/c1-3-5-6-7-12-24-15-18-13-21(28-4-2)22(14-20(18)23)29-16-17-8-10-19(11-9-17)25(26)27/h8-11,13-14,24H,3-7,12,15-16H2,1-2H3. The molecule has 0 aromatic heterocycles. The van der Waals surface area contributed by atoms with Crippen molar-refractivity contribution in [3.8, 4) is 11.5 Å². The summed E-state index contributed by atoms with van der Waals surface area (Å²) in [6, 6.07) is 10.3. The van der Waals surface area contributed by atoms with Crippen LogP contribution in [0.25, 0.3) is 0 Å². The maximum absolute atomic E-state index is 10.8. The van der Waals surface area contributed by atoms with Gasteiger partial charge in [-0.15, -0.1) is 0 Å². The number of hydrogen-bond donors (Lipinski definition) is 1. The number of hydrogen-bond acceptors (Lipinski definition) is 5. The van der Waals surface area contributed by atoms with Gasteiger partial charge in [-0.25, -0.2) is 0 Å². The third kappa shape index (κ3) is 7.66. The van der Waals surface area contributed by atoms with Crippen LogP contribution in [0.1, 0.15) is 50.7 Å². The molecule has 0 saturated heterocycles. The predicted octanol–water partition coefficient (Wildman–Crippen LogP) is 6.00. The summed E-state index contributed by atoms with van der Waals surface area (Å²) in [5, 5.41) is 14.2. The van der Waals surface area contributed by atoms with E-state index in [1.165, 1.54) is 37.8 Å². The first-order valence-electron chi connectivity index (χ1n) is 10.1. The van der Waals surface area contributed by atoms with E-state index in [9.17, 15) is 10.1 Å². The molecule has 0 atom stereocenters. The Morgan fingerprint density at radius 1 is 1.03 bits per heavy atom. The Balaban J connectivity index is 1.99. The van der Waals surface area contributed by atoms with E-state index in [1.807, 2.05) is 19.1 Å². The average Bonchev–Trinajstić information content (AvgIpc) is 2.71. The molecule has 0 aliphatic carbocycles. The highest BCUT2D eigenvalue weighted by Crippen LogP contribution is 2.34. The second-order valence-corrected chi connectivity index (χ2v) is 7.63. The smallest absolute Gasteiger partial charge is 0.269 e. The molecule has 0 aliphatic heterocycles. The number of rotatable bonds is 13. The molecular formula is C22H29BrN2O4. The van der Waals surface area contributed by atoms with Crippen LogP contribution in [0.3, 0.4) is 0 Å². The van der Waals surface area contributed by atoms with Gasteiger partial charge >= 0.3 is 0 Å². The molecule has 7 heteroatoms. The minimum atomic E-state index is -0.411. The van der Waals surface area contributed by atoms with Crippen molar-refractivity contribution in [2.24, 2.45) is 0 Å². The second-order valence-electron chi connectivity index (χ2n) is 6.77. The molecule has 0 fully saturated rings. The summed E-state index contributed by atoms with van der Waals surface area (Å²) >= 11 is 3.63. The Labute approximate surface area is 180 Å². The monoisotopic (exact) mass is 464 g/mol. The molecule has 0 unspecified atom stereocenters. The van der Waals surface area contributed by atoms with E-state index in [2.05, 4.69) is 28.2 Å². The van der Waals surface area contributed by atoms with E-state index < -0.39 is 4.92 Å². The van der Waals surface area contributed by atoms with Gasteiger partial charge in [0.1, 0.15) is 6.61 Å². The highest BCUT2D eigenvalue weighted by Gasteiger charge is 2.12. The van der Waals surface area contributed by atoms with E-state index >= 15 is 0 Å². The van der Waals surface area contributed by atoms with Gasteiger partial charge in [0, 0.05) is 23.2 Å². The summed E-state index contributed by atoms with van der Waals surface area (Å²) in [6.07, 6.45) is 4.95. The highest BCUT2D eigenvalue weighted by molar-refractivity contribution is 9.10. The van der Waals surface area contributed by atoms with Gasteiger partial charge in [-0.05, 0) is 55.3 Å². The molecule has 2 rings (SSSR count). The molecule has 2 aromatic rings. The summed E-state index contributed by atoms with van der Waals surface area (Å²) in [5.74, 6) is 1.34. The van der Waals surface area contributed by atoms with Crippen LogP contribution in [0.5, 0.6) is 11.5 Å². The van der Waals surface area contributed by atoms with Gasteiger partial charge in [0.2, 0.25) is 0 Å². The molecule has 0 radical (unpaired) electrons. The van der Waals surface area contributed by atoms with Crippen molar-refractivity contribution in [2.45, 2.75) is 52.7 Å². The van der Waals surface area contributed by atoms with Crippen molar-refractivity contribution in [3.05, 3.63) is 62.1 Å². The Hall–Kier alpha value is -2.12. The first-order valence-corrected chi connectivity index (χ1v) is 10.9. The fourth-order valence-corrected chi connectivity index (χ4v) is 3.33. The van der Waals surface area contributed by atoms with Crippen molar-refractivity contribution in [3.63, 3.8) is 0 Å². The number of halogens is 1. The zero-order chi connectivity index (χ0) is 21.1. The molecule has 0 bridgehead atoms. The lowest BCUT2D eigenvalue weighted by Crippen LogP contribution is -2.15. The fourth-order valence-electron chi connectivity index (χ4n) is 2.87.